The molecule has 104 valence electrons. The summed E-state index contributed by atoms with van der Waals surface area (Å²) < 4.78 is 5.70. The Hall–Kier alpha value is -2.15. The number of nitro groups is 1. The van der Waals surface area contributed by atoms with E-state index >= 15 is 0 Å². The van der Waals surface area contributed by atoms with Crippen LogP contribution in [-0.2, 0) is 6.54 Å². The molecule has 0 fully saturated rings. The summed E-state index contributed by atoms with van der Waals surface area (Å²) in [5, 5.41) is 14.0. The van der Waals surface area contributed by atoms with Gasteiger partial charge in [0.25, 0.3) is 0 Å². The molecule has 2 aromatic rings. The zero-order valence-electron chi connectivity index (χ0n) is 10.7. The number of hydrogen-bond donors (Lipinski definition) is 1. The van der Waals surface area contributed by atoms with Crippen molar-refractivity contribution < 1.29 is 9.66 Å². The number of pyridine rings is 1. The van der Waals surface area contributed by atoms with E-state index < -0.39 is 4.92 Å². The van der Waals surface area contributed by atoms with Gasteiger partial charge in [-0.2, -0.15) is 0 Å². The van der Waals surface area contributed by atoms with Crippen LogP contribution in [0, 0.1) is 10.1 Å². The maximum absolute atomic E-state index is 10.9. The molecule has 0 spiro atoms. The van der Waals surface area contributed by atoms with Gasteiger partial charge in [0.1, 0.15) is 4.60 Å². The standard InChI is InChI=1S/C13H12BrN3O3/c1-20-12-6-5-9(7-11(12)17(18)19)15-8-10-3-2-4-13(14)16-10/h2-7,15H,8H2,1H3. The van der Waals surface area contributed by atoms with Gasteiger partial charge in [-0.15, -0.1) is 0 Å². The second kappa shape index (κ2) is 6.33. The molecule has 7 heteroatoms. The van der Waals surface area contributed by atoms with Crippen LogP contribution in [-0.4, -0.2) is 17.0 Å². The predicted molar refractivity (Wildman–Crippen MR) is 78.9 cm³/mol. The van der Waals surface area contributed by atoms with E-state index in [4.69, 9.17) is 4.74 Å². The number of anilines is 1. The number of benzene rings is 1. The zero-order valence-corrected chi connectivity index (χ0v) is 12.3. The summed E-state index contributed by atoms with van der Waals surface area (Å²) in [7, 11) is 1.40. The molecule has 2 rings (SSSR count). The Morgan fingerprint density at radius 3 is 2.85 bits per heavy atom. The summed E-state index contributed by atoms with van der Waals surface area (Å²) in [5.74, 6) is 0.237. The van der Waals surface area contributed by atoms with Crippen LogP contribution in [0.25, 0.3) is 0 Å². The molecule has 0 atom stereocenters. The first-order valence-electron chi connectivity index (χ1n) is 5.78. The summed E-state index contributed by atoms with van der Waals surface area (Å²) in [4.78, 5) is 14.7. The molecule has 1 aromatic heterocycles. The number of halogens is 1. The van der Waals surface area contributed by atoms with Crippen molar-refractivity contribution in [3.8, 4) is 5.75 Å². The molecule has 0 aliphatic rings. The molecule has 1 N–H and O–H groups in total. The van der Waals surface area contributed by atoms with Crippen molar-refractivity contribution in [1.29, 1.82) is 0 Å². The highest BCUT2D eigenvalue weighted by Gasteiger charge is 2.14. The van der Waals surface area contributed by atoms with E-state index in [9.17, 15) is 10.1 Å². The first kappa shape index (κ1) is 14.3. The summed E-state index contributed by atoms with van der Waals surface area (Å²) >= 11 is 3.29. The average molecular weight is 338 g/mol. The Bertz CT molecular complexity index is 634. The minimum Gasteiger partial charge on any atom is -0.490 e. The van der Waals surface area contributed by atoms with Gasteiger partial charge in [0.2, 0.25) is 0 Å². The lowest BCUT2D eigenvalue weighted by atomic mass is 10.2. The van der Waals surface area contributed by atoms with Gasteiger partial charge in [-0.1, -0.05) is 6.07 Å². The Morgan fingerprint density at radius 1 is 1.40 bits per heavy atom. The highest BCUT2D eigenvalue weighted by Crippen LogP contribution is 2.29. The van der Waals surface area contributed by atoms with Crippen LogP contribution in [0.15, 0.2) is 41.0 Å². The van der Waals surface area contributed by atoms with E-state index in [1.807, 2.05) is 18.2 Å². The van der Waals surface area contributed by atoms with Crippen molar-refractivity contribution in [3.05, 3.63) is 56.8 Å². The van der Waals surface area contributed by atoms with Gasteiger partial charge in [-0.05, 0) is 40.2 Å². The van der Waals surface area contributed by atoms with Crippen molar-refractivity contribution >= 4 is 27.3 Å². The summed E-state index contributed by atoms with van der Waals surface area (Å²) in [5.41, 5.74) is 1.40. The SMILES string of the molecule is COc1ccc(NCc2cccc(Br)n2)cc1[N+](=O)[O-]. The lowest BCUT2D eigenvalue weighted by Gasteiger charge is -2.08. The maximum Gasteiger partial charge on any atom is 0.312 e. The van der Waals surface area contributed by atoms with Gasteiger partial charge < -0.3 is 10.1 Å². The van der Waals surface area contributed by atoms with Crippen molar-refractivity contribution in [2.45, 2.75) is 6.54 Å². The monoisotopic (exact) mass is 337 g/mol. The number of hydrogen-bond acceptors (Lipinski definition) is 5. The number of aromatic nitrogens is 1. The molecule has 0 bridgehead atoms. The fraction of sp³-hybridized carbons (Fsp3) is 0.154. The van der Waals surface area contributed by atoms with Crippen LogP contribution in [0.4, 0.5) is 11.4 Å². The van der Waals surface area contributed by atoms with Crippen molar-refractivity contribution in [2.75, 3.05) is 12.4 Å². The number of nitrogens with zero attached hydrogens (tertiary/aromatic N) is 2. The van der Waals surface area contributed by atoms with Crippen molar-refractivity contribution in [2.24, 2.45) is 0 Å². The van der Waals surface area contributed by atoms with E-state index in [-0.39, 0.29) is 11.4 Å². The Labute approximate surface area is 124 Å². The fourth-order valence-electron chi connectivity index (χ4n) is 1.68. The lowest BCUT2D eigenvalue weighted by Crippen LogP contribution is -2.02. The van der Waals surface area contributed by atoms with Crippen molar-refractivity contribution in [3.63, 3.8) is 0 Å². The third-order valence-electron chi connectivity index (χ3n) is 2.62. The molecular weight excluding hydrogens is 326 g/mol. The van der Waals surface area contributed by atoms with Gasteiger partial charge in [0.05, 0.1) is 24.3 Å². The molecule has 6 nitrogen and oxygen atoms in total. The van der Waals surface area contributed by atoms with Gasteiger partial charge in [0, 0.05) is 11.8 Å². The highest BCUT2D eigenvalue weighted by molar-refractivity contribution is 9.10. The maximum atomic E-state index is 10.9. The van der Waals surface area contributed by atoms with Gasteiger partial charge in [-0.3, -0.25) is 10.1 Å². The topological polar surface area (TPSA) is 77.3 Å². The molecule has 0 radical (unpaired) electrons. The van der Waals surface area contributed by atoms with Gasteiger partial charge >= 0.3 is 5.69 Å². The molecule has 1 aromatic carbocycles. The second-order valence-electron chi connectivity index (χ2n) is 3.95. The predicted octanol–water partition coefficient (Wildman–Crippen LogP) is 3.37. The molecular formula is C13H12BrN3O3. The van der Waals surface area contributed by atoms with E-state index in [2.05, 4.69) is 26.2 Å². The van der Waals surface area contributed by atoms with Crippen molar-refractivity contribution in [1.82, 2.24) is 4.98 Å². The Kier molecular flexibility index (Phi) is 4.52. The van der Waals surface area contributed by atoms with Crippen LogP contribution in [0.2, 0.25) is 0 Å². The third kappa shape index (κ3) is 3.45. The number of nitrogens with one attached hydrogen (secondary N) is 1. The smallest absolute Gasteiger partial charge is 0.312 e. The lowest BCUT2D eigenvalue weighted by molar-refractivity contribution is -0.385. The highest BCUT2D eigenvalue weighted by atomic mass is 79.9. The number of nitro benzene ring substituents is 1. The normalized spacial score (nSPS) is 10.1. The summed E-state index contributed by atoms with van der Waals surface area (Å²) in [6.45, 7) is 0.475. The molecule has 1 heterocycles. The van der Waals surface area contributed by atoms with Crippen LogP contribution in [0.1, 0.15) is 5.69 Å². The van der Waals surface area contributed by atoms with Gasteiger partial charge in [-0.25, -0.2) is 4.98 Å². The number of rotatable bonds is 5. The van der Waals surface area contributed by atoms with E-state index in [0.717, 1.165) is 10.3 Å². The molecule has 0 unspecified atom stereocenters. The fourth-order valence-corrected chi connectivity index (χ4v) is 2.06. The minimum atomic E-state index is -0.471. The molecule has 0 aliphatic heterocycles. The van der Waals surface area contributed by atoms with E-state index in [1.165, 1.54) is 13.2 Å². The molecule has 0 saturated carbocycles. The average Bonchev–Trinajstić information content (AvgIpc) is 2.45. The molecule has 0 amide bonds. The Morgan fingerprint density at radius 2 is 2.20 bits per heavy atom. The van der Waals surface area contributed by atoms with Crippen LogP contribution < -0.4 is 10.1 Å². The van der Waals surface area contributed by atoms with Crippen LogP contribution in [0.5, 0.6) is 5.75 Å². The third-order valence-corrected chi connectivity index (χ3v) is 3.06. The quantitative estimate of drug-likeness (QED) is 0.514. The second-order valence-corrected chi connectivity index (χ2v) is 4.76. The molecule has 0 saturated heterocycles. The largest absolute Gasteiger partial charge is 0.490 e. The first-order chi connectivity index (χ1) is 9.60. The first-order valence-corrected chi connectivity index (χ1v) is 6.57. The number of methoxy groups -OCH3 is 1. The van der Waals surface area contributed by atoms with E-state index in [0.29, 0.717) is 12.2 Å². The summed E-state index contributed by atoms with van der Waals surface area (Å²) in [6.07, 6.45) is 0. The summed E-state index contributed by atoms with van der Waals surface area (Å²) in [6, 6.07) is 10.3. The number of ether oxygens (including phenoxy) is 1. The minimum absolute atomic E-state index is 0.0697. The molecule has 20 heavy (non-hydrogen) atoms. The van der Waals surface area contributed by atoms with Gasteiger partial charge in [0.15, 0.2) is 5.75 Å². The Balaban J connectivity index is 2.14. The van der Waals surface area contributed by atoms with Crippen LogP contribution >= 0.6 is 15.9 Å². The molecule has 0 aliphatic carbocycles. The zero-order chi connectivity index (χ0) is 14.5. The van der Waals surface area contributed by atoms with E-state index in [1.54, 1.807) is 12.1 Å². The van der Waals surface area contributed by atoms with Crippen LogP contribution in [0.3, 0.4) is 0 Å².